The van der Waals surface area contributed by atoms with Gasteiger partial charge in [-0.2, -0.15) is 5.26 Å². The highest BCUT2D eigenvalue weighted by molar-refractivity contribution is 7.12. The molecule has 2 aromatic rings. The quantitative estimate of drug-likeness (QED) is 0.847. The van der Waals surface area contributed by atoms with Crippen LogP contribution in [0.3, 0.4) is 0 Å². The van der Waals surface area contributed by atoms with Gasteiger partial charge in [-0.3, -0.25) is 9.69 Å². The van der Waals surface area contributed by atoms with Crippen molar-refractivity contribution < 1.29 is 4.79 Å². The van der Waals surface area contributed by atoms with Gasteiger partial charge in [0.1, 0.15) is 0 Å². The van der Waals surface area contributed by atoms with E-state index in [2.05, 4.69) is 17.9 Å². The van der Waals surface area contributed by atoms with Gasteiger partial charge < -0.3 is 4.90 Å². The average Bonchev–Trinajstić information content (AvgIpc) is 2.81. The molecule has 0 spiro atoms. The highest BCUT2D eigenvalue weighted by atomic mass is 32.1. The number of rotatable bonds is 3. The molecule has 1 amide bonds. The Balaban J connectivity index is 1.61. The summed E-state index contributed by atoms with van der Waals surface area (Å²) in [4.78, 5) is 19.5. The zero-order chi connectivity index (χ0) is 17.8. The van der Waals surface area contributed by atoms with Gasteiger partial charge in [0.05, 0.1) is 17.2 Å². The first-order valence-corrected chi connectivity index (χ1v) is 9.46. The number of hydrogen-bond donors (Lipinski definition) is 0. The maximum Gasteiger partial charge on any atom is 0.255 e. The summed E-state index contributed by atoms with van der Waals surface area (Å²) >= 11 is 1.69. The van der Waals surface area contributed by atoms with Crippen molar-refractivity contribution in [1.82, 2.24) is 9.80 Å². The third-order valence-electron chi connectivity index (χ3n) is 4.64. The van der Waals surface area contributed by atoms with Crippen LogP contribution >= 0.6 is 11.3 Å². The standard InChI is InChI=1S/C20H23N3OS/c1-15-12-19(16(2)25-15)20(24)23-9-3-8-22(10-11-23)14-18-6-4-17(13-21)5-7-18/h4-7,12H,3,8-11,14H2,1-2H3. The lowest BCUT2D eigenvalue weighted by molar-refractivity contribution is 0.0761. The molecule has 1 aromatic heterocycles. The van der Waals surface area contributed by atoms with Gasteiger partial charge in [-0.05, 0) is 44.0 Å². The molecule has 1 aliphatic rings. The molecule has 0 bridgehead atoms. The molecular weight excluding hydrogens is 330 g/mol. The van der Waals surface area contributed by atoms with E-state index >= 15 is 0 Å². The van der Waals surface area contributed by atoms with Gasteiger partial charge in [-0.15, -0.1) is 11.3 Å². The van der Waals surface area contributed by atoms with E-state index < -0.39 is 0 Å². The first kappa shape index (κ1) is 17.7. The molecule has 3 rings (SSSR count). The van der Waals surface area contributed by atoms with E-state index in [9.17, 15) is 4.79 Å². The summed E-state index contributed by atoms with van der Waals surface area (Å²) in [6, 6.07) is 11.9. The molecule has 0 aliphatic carbocycles. The zero-order valence-electron chi connectivity index (χ0n) is 14.8. The Hall–Kier alpha value is -2.16. The number of thiophene rings is 1. The molecule has 5 heteroatoms. The van der Waals surface area contributed by atoms with Crippen LogP contribution in [-0.2, 0) is 6.54 Å². The van der Waals surface area contributed by atoms with E-state index in [4.69, 9.17) is 5.26 Å². The number of carbonyl (C=O) groups excluding carboxylic acids is 1. The number of aryl methyl sites for hydroxylation is 2. The Morgan fingerprint density at radius 2 is 1.92 bits per heavy atom. The van der Waals surface area contributed by atoms with E-state index in [0.29, 0.717) is 5.56 Å². The molecule has 0 N–H and O–H groups in total. The van der Waals surface area contributed by atoms with Crippen LogP contribution in [0.25, 0.3) is 0 Å². The number of carbonyl (C=O) groups is 1. The molecule has 0 atom stereocenters. The van der Waals surface area contributed by atoms with Gasteiger partial charge in [0.25, 0.3) is 5.91 Å². The third-order valence-corrected chi connectivity index (χ3v) is 5.60. The smallest absolute Gasteiger partial charge is 0.255 e. The Labute approximate surface area is 153 Å². The van der Waals surface area contributed by atoms with Crippen molar-refractivity contribution in [2.45, 2.75) is 26.8 Å². The monoisotopic (exact) mass is 353 g/mol. The fourth-order valence-electron chi connectivity index (χ4n) is 3.29. The molecule has 0 radical (unpaired) electrons. The normalized spacial score (nSPS) is 15.6. The van der Waals surface area contributed by atoms with Gasteiger partial charge >= 0.3 is 0 Å². The fourth-order valence-corrected chi connectivity index (χ4v) is 4.20. The summed E-state index contributed by atoms with van der Waals surface area (Å²) in [5.74, 6) is 0.169. The van der Waals surface area contributed by atoms with Crippen molar-refractivity contribution in [3.8, 4) is 6.07 Å². The minimum Gasteiger partial charge on any atom is -0.337 e. The first-order valence-electron chi connectivity index (χ1n) is 8.64. The highest BCUT2D eigenvalue weighted by Gasteiger charge is 2.22. The second-order valence-corrected chi connectivity index (χ2v) is 8.02. The molecule has 25 heavy (non-hydrogen) atoms. The van der Waals surface area contributed by atoms with Gasteiger partial charge in [-0.25, -0.2) is 0 Å². The first-order chi connectivity index (χ1) is 12.1. The zero-order valence-corrected chi connectivity index (χ0v) is 15.6. The van der Waals surface area contributed by atoms with Gasteiger partial charge in [-0.1, -0.05) is 12.1 Å². The summed E-state index contributed by atoms with van der Waals surface area (Å²) in [6.07, 6.45) is 0.990. The van der Waals surface area contributed by atoms with Crippen LogP contribution in [0.15, 0.2) is 30.3 Å². The van der Waals surface area contributed by atoms with Crippen LogP contribution in [-0.4, -0.2) is 41.9 Å². The van der Waals surface area contributed by atoms with Crippen molar-refractivity contribution >= 4 is 17.2 Å². The van der Waals surface area contributed by atoms with E-state index in [1.807, 2.05) is 42.2 Å². The van der Waals surface area contributed by atoms with Crippen molar-refractivity contribution in [2.24, 2.45) is 0 Å². The number of benzene rings is 1. The lowest BCUT2D eigenvalue weighted by Gasteiger charge is -2.22. The largest absolute Gasteiger partial charge is 0.337 e. The topological polar surface area (TPSA) is 47.3 Å². The van der Waals surface area contributed by atoms with E-state index in [0.717, 1.165) is 49.6 Å². The molecule has 2 heterocycles. The van der Waals surface area contributed by atoms with Gasteiger partial charge in [0.15, 0.2) is 0 Å². The Kier molecular flexibility index (Phi) is 5.52. The molecule has 1 saturated heterocycles. The van der Waals surface area contributed by atoms with Crippen LogP contribution in [0, 0.1) is 25.2 Å². The predicted molar refractivity (Wildman–Crippen MR) is 101 cm³/mol. The SMILES string of the molecule is Cc1cc(C(=O)N2CCCN(Cc3ccc(C#N)cc3)CC2)c(C)s1. The summed E-state index contributed by atoms with van der Waals surface area (Å²) in [6.45, 7) is 8.40. The maximum absolute atomic E-state index is 12.8. The van der Waals surface area contributed by atoms with Crippen LogP contribution in [0.1, 0.15) is 37.7 Å². The Morgan fingerprint density at radius 3 is 2.56 bits per heavy atom. The van der Waals surface area contributed by atoms with Gasteiger partial charge in [0, 0.05) is 42.5 Å². The molecule has 1 aromatic carbocycles. The second kappa shape index (κ2) is 7.81. The number of nitrogens with zero attached hydrogens (tertiary/aromatic N) is 3. The Morgan fingerprint density at radius 1 is 1.16 bits per heavy atom. The lowest BCUT2D eigenvalue weighted by Crippen LogP contribution is -2.35. The van der Waals surface area contributed by atoms with Crippen LogP contribution in [0.2, 0.25) is 0 Å². The molecule has 0 unspecified atom stereocenters. The minimum absolute atomic E-state index is 0.169. The summed E-state index contributed by atoms with van der Waals surface area (Å²) < 4.78 is 0. The van der Waals surface area contributed by atoms with E-state index in [1.54, 1.807) is 11.3 Å². The number of nitriles is 1. The molecule has 1 fully saturated rings. The van der Waals surface area contributed by atoms with Crippen molar-refractivity contribution in [3.63, 3.8) is 0 Å². The molecule has 0 saturated carbocycles. The maximum atomic E-state index is 12.8. The molecule has 1 aliphatic heterocycles. The highest BCUT2D eigenvalue weighted by Crippen LogP contribution is 2.22. The van der Waals surface area contributed by atoms with Crippen LogP contribution in [0.4, 0.5) is 0 Å². The lowest BCUT2D eigenvalue weighted by atomic mass is 10.1. The molecule has 130 valence electrons. The predicted octanol–water partition coefficient (Wildman–Crippen LogP) is 3.58. The van der Waals surface area contributed by atoms with E-state index in [-0.39, 0.29) is 5.91 Å². The van der Waals surface area contributed by atoms with Crippen molar-refractivity contribution in [3.05, 3.63) is 56.8 Å². The number of amides is 1. The minimum atomic E-state index is 0.169. The fraction of sp³-hybridized carbons (Fsp3) is 0.400. The Bertz CT molecular complexity index is 788. The average molecular weight is 353 g/mol. The second-order valence-electron chi connectivity index (χ2n) is 6.56. The van der Waals surface area contributed by atoms with Crippen molar-refractivity contribution in [1.29, 1.82) is 5.26 Å². The van der Waals surface area contributed by atoms with Crippen molar-refractivity contribution in [2.75, 3.05) is 26.2 Å². The van der Waals surface area contributed by atoms with Crippen LogP contribution < -0.4 is 0 Å². The van der Waals surface area contributed by atoms with Gasteiger partial charge in [0.2, 0.25) is 0 Å². The molecular formula is C20H23N3OS. The third kappa shape index (κ3) is 4.28. The van der Waals surface area contributed by atoms with Crippen LogP contribution in [0.5, 0.6) is 0 Å². The summed E-state index contributed by atoms with van der Waals surface area (Å²) in [7, 11) is 0. The summed E-state index contributed by atoms with van der Waals surface area (Å²) in [5.41, 5.74) is 2.77. The number of hydrogen-bond acceptors (Lipinski definition) is 4. The molecule has 4 nitrogen and oxygen atoms in total. The van der Waals surface area contributed by atoms with E-state index in [1.165, 1.54) is 10.4 Å². The summed E-state index contributed by atoms with van der Waals surface area (Å²) in [5, 5.41) is 8.89.